The molecule has 0 N–H and O–H groups in total. The zero-order valence-electron chi connectivity index (χ0n) is 12.4. The van der Waals surface area contributed by atoms with Gasteiger partial charge in [0, 0.05) is 32.3 Å². The second-order valence-electron chi connectivity index (χ2n) is 5.21. The molecule has 0 aromatic carbocycles. The fourth-order valence-electron chi connectivity index (χ4n) is 2.61. The molecule has 1 aromatic rings. The average molecular weight is 278 g/mol. The predicted molar refractivity (Wildman–Crippen MR) is 75.8 cm³/mol. The summed E-state index contributed by atoms with van der Waals surface area (Å²) in [6, 6.07) is 3.88. The van der Waals surface area contributed by atoms with Gasteiger partial charge in [0.15, 0.2) is 0 Å². The number of carbonyl (C=O) groups is 1. The van der Waals surface area contributed by atoms with Crippen molar-refractivity contribution in [3.05, 3.63) is 23.5 Å². The van der Waals surface area contributed by atoms with Crippen LogP contribution in [0.1, 0.15) is 17.8 Å². The Morgan fingerprint density at radius 3 is 2.90 bits per heavy atom. The number of likely N-dealkylation sites (tertiary alicyclic amines) is 1. The number of amides is 1. The zero-order chi connectivity index (χ0) is 14.5. The van der Waals surface area contributed by atoms with E-state index in [4.69, 9.17) is 9.47 Å². The summed E-state index contributed by atoms with van der Waals surface area (Å²) in [5, 5.41) is 0. The molecule has 20 heavy (non-hydrogen) atoms. The number of aryl methyl sites for hydroxylation is 1. The molecular weight excluding hydrogens is 256 g/mol. The van der Waals surface area contributed by atoms with Gasteiger partial charge in [0.2, 0.25) is 5.91 Å². The molecule has 0 radical (unpaired) electrons. The number of pyridine rings is 1. The first-order valence-electron chi connectivity index (χ1n) is 6.91. The lowest BCUT2D eigenvalue weighted by atomic mass is 10.0. The lowest BCUT2D eigenvalue weighted by molar-refractivity contribution is -0.128. The maximum Gasteiger partial charge on any atom is 0.223 e. The van der Waals surface area contributed by atoms with Crippen molar-refractivity contribution in [2.24, 2.45) is 5.92 Å². The maximum absolute atomic E-state index is 11.9. The molecule has 1 aliphatic rings. The van der Waals surface area contributed by atoms with Gasteiger partial charge >= 0.3 is 0 Å². The molecular formula is C15H22N2O3. The second kappa shape index (κ2) is 6.70. The van der Waals surface area contributed by atoms with E-state index in [0.717, 1.165) is 30.1 Å². The lowest BCUT2D eigenvalue weighted by Gasteiger charge is -2.16. The van der Waals surface area contributed by atoms with E-state index in [1.54, 1.807) is 14.2 Å². The minimum Gasteiger partial charge on any atom is -0.495 e. The van der Waals surface area contributed by atoms with Crippen molar-refractivity contribution < 1.29 is 14.3 Å². The van der Waals surface area contributed by atoms with E-state index < -0.39 is 0 Å². The number of hydrogen-bond acceptors (Lipinski definition) is 4. The molecule has 0 aliphatic carbocycles. The van der Waals surface area contributed by atoms with Crippen molar-refractivity contribution in [2.45, 2.75) is 19.8 Å². The van der Waals surface area contributed by atoms with E-state index in [9.17, 15) is 4.79 Å². The molecule has 1 aliphatic heterocycles. The molecule has 1 aromatic heterocycles. The van der Waals surface area contributed by atoms with E-state index >= 15 is 0 Å². The summed E-state index contributed by atoms with van der Waals surface area (Å²) in [6.07, 6.45) is 1.36. The molecule has 0 saturated carbocycles. The summed E-state index contributed by atoms with van der Waals surface area (Å²) in [6.45, 7) is 4.00. The molecule has 1 fully saturated rings. The van der Waals surface area contributed by atoms with E-state index in [2.05, 4.69) is 4.98 Å². The van der Waals surface area contributed by atoms with Gasteiger partial charge in [-0.1, -0.05) is 0 Å². The van der Waals surface area contributed by atoms with Crippen LogP contribution >= 0.6 is 0 Å². The van der Waals surface area contributed by atoms with E-state index in [1.165, 1.54) is 0 Å². The molecule has 0 spiro atoms. The van der Waals surface area contributed by atoms with Crippen LogP contribution in [0.3, 0.4) is 0 Å². The van der Waals surface area contributed by atoms with Crippen LogP contribution in [0.5, 0.6) is 5.75 Å². The zero-order valence-corrected chi connectivity index (χ0v) is 12.4. The normalized spacial score (nSPS) is 18.6. The standard InChI is InChI=1S/C15H22N2O3/c1-11-4-5-14(20-3)13(16-11)8-12-9-15(18)17(10-12)6-7-19-2/h4-5,12H,6-10H2,1-3H3. The van der Waals surface area contributed by atoms with E-state index in [1.807, 2.05) is 24.0 Å². The third kappa shape index (κ3) is 3.48. The van der Waals surface area contributed by atoms with Crippen molar-refractivity contribution >= 4 is 5.91 Å². The highest BCUT2D eigenvalue weighted by Gasteiger charge is 2.30. The third-order valence-electron chi connectivity index (χ3n) is 3.63. The molecule has 5 heteroatoms. The highest BCUT2D eigenvalue weighted by molar-refractivity contribution is 5.78. The van der Waals surface area contributed by atoms with Crippen molar-refractivity contribution in [3.63, 3.8) is 0 Å². The Kier molecular flexibility index (Phi) is 4.95. The van der Waals surface area contributed by atoms with Crippen LogP contribution in [0.25, 0.3) is 0 Å². The minimum atomic E-state index is 0.207. The van der Waals surface area contributed by atoms with Crippen molar-refractivity contribution in [2.75, 3.05) is 33.9 Å². The van der Waals surface area contributed by atoms with Gasteiger partial charge in [-0.05, 0) is 31.4 Å². The summed E-state index contributed by atoms with van der Waals surface area (Å²) < 4.78 is 10.4. The van der Waals surface area contributed by atoms with Crippen LogP contribution in [-0.4, -0.2) is 49.7 Å². The third-order valence-corrected chi connectivity index (χ3v) is 3.63. The Labute approximate surface area is 119 Å². The summed E-state index contributed by atoms with van der Waals surface area (Å²) in [5.41, 5.74) is 1.92. The highest BCUT2D eigenvalue weighted by Crippen LogP contribution is 2.25. The SMILES string of the molecule is COCCN1CC(Cc2nc(C)ccc2OC)CC1=O. The number of methoxy groups -OCH3 is 2. The lowest BCUT2D eigenvalue weighted by Crippen LogP contribution is -2.29. The molecule has 110 valence electrons. The van der Waals surface area contributed by atoms with Gasteiger partial charge in [-0.2, -0.15) is 0 Å². The molecule has 5 nitrogen and oxygen atoms in total. The first kappa shape index (κ1) is 14.8. The number of hydrogen-bond donors (Lipinski definition) is 0. The van der Waals surface area contributed by atoms with Gasteiger partial charge in [0.25, 0.3) is 0 Å². The van der Waals surface area contributed by atoms with Gasteiger partial charge in [0.05, 0.1) is 19.4 Å². The fourth-order valence-corrected chi connectivity index (χ4v) is 2.61. The number of rotatable bonds is 6. The summed E-state index contributed by atoms with van der Waals surface area (Å²) in [7, 11) is 3.31. The van der Waals surface area contributed by atoms with Crippen LogP contribution in [0, 0.1) is 12.8 Å². The van der Waals surface area contributed by atoms with Gasteiger partial charge < -0.3 is 14.4 Å². The second-order valence-corrected chi connectivity index (χ2v) is 5.21. The monoisotopic (exact) mass is 278 g/mol. The summed E-state index contributed by atoms with van der Waals surface area (Å²) in [5.74, 6) is 1.32. The fraction of sp³-hybridized carbons (Fsp3) is 0.600. The number of carbonyl (C=O) groups excluding carboxylic acids is 1. The maximum atomic E-state index is 11.9. The molecule has 1 saturated heterocycles. The van der Waals surface area contributed by atoms with Crippen LogP contribution in [-0.2, 0) is 16.0 Å². The van der Waals surface area contributed by atoms with Gasteiger partial charge in [0.1, 0.15) is 5.75 Å². The summed E-state index contributed by atoms with van der Waals surface area (Å²) >= 11 is 0. The molecule has 2 rings (SSSR count). The Morgan fingerprint density at radius 2 is 2.20 bits per heavy atom. The average Bonchev–Trinajstić information content (AvgIpc) is 2.77. The molecule has 2 heterocycles. The largest absolute Gasteiger partial charge is 0.495 e. The first-order valence-corrected chi connectivity index (χ1v) is 6.91. The smallest absolute Gasteiger partial charge is 0.223 e. The van der Waals surface area contributed by atoms with E-state index in [-0.39, 0.29) is 5.91 Å². The molecule has 1 amide bonds. The molecule has 0 bridgehead atoms. The van der Waals surface area contributed by atoms with Crippen LogP contribution < -0.4 is 4.74 Å². The quantitative estimate of drug-likeness (QED) is 0.790. The van der Waals surface area contributed by atoms with Crippen molar-refractivity contribution in [3.8, 4) is 5.75 Å². The van der Waals surface area contributed by atoms with Gasteiger partial charge in [-0.25, -0.2) is 0 Å². The van der Waals surface area contributed by atoms with Gasteiger partial charge in [-0.3, -0.25) is 9.78 Å². The van der Waals surface area contributed by atoms with Crippen molar-refractivity contribution in [1.29, 1.82) is 0 Å². The van der Waals surface area contributed by atoms with Crippen LogP contribution in [0.15, 0.2) is 12.1 Å². The van der Waals surface area contributed by atoms with Crippen LogP contribution in [0.4, 0.5) is 0 Å². The predicted octanol–water partition coefficient (Wildman–Crippen LogP) is 1.44. The topological polar surface area (TPSA) is 51.7 Å². The molecule has 1 unspecified atom stereocenters. The Balaban J connectivity index is 2.01. The number of ether oxygens (including phenoxy) is 2. The van der Waals surface area contributed by atoms with E-state index in [0.29, 0.717) is 25.5 Å². The molecule has 1 atom stereocenters. The van der Waals surface area contributed by atoms with Crippen molar-refractivity contribution in [1.82, 2.24) is 9.88 Å². The van der Waals surface area contributed by atoms with Crippen LogP contribution in [0.2, 0.25) is 0 Å². The number of aromatic nitrogens is 1. The Hall–Kier alpha value is -1.62. The Morgan fingerprint density at radius 1 is 1.40 bits per heavy atom. The van der Waals surface area contributed by atoms with Gasteiger partial charge in [-0.15, -0.1) is 0 Å². The summed E-state index contributed by atoms with van der Waals surface area (Å²) in [4.78, 5) is 18.3. The highest BCUT2D eigenvalue weighted by atomic mass is 16.5. The Bertz CT molecular complexity index is 476. The first-order chi connectivity index (χ1) is 9.63. The minimum absolute atomic E-state index is 0.207. The number of nitrogens with zero attached hydrogens (tertiary/aromatic N) is 2.